The zero-order valence-electron chi connectivity index (χ0n) is 13.5. The van der Waals surface area contributed by atoms with Gasteiger partial charge in [-0.1, -0.05) is 34.1 Å². The Morgan fingerprint density at radius 2 is 1.95 bits per heavy atom. The summed E-state index contributed by atoms with van der Waals surface area (Å²) < 4.78 is 6.17. The smallest absolute Gasteiger partial charge is 0.309 e. The van der Waals surface area contributed by atoms with Gasteiger partial charge in [-0.3, -0.25) is 4.79 Å². The van der Waals surface area contributed by atoms with Crippen molar-refractivity contribution in [3.05, 3.63) is 0 Å². The second kappa shape index (κ2) is 5.03. The number of hydrogen-bond donors (Lipinski definition) is 0. The molecule has 0 spiro atoms. The van der Waals surface area contributed by atoms with Gasteiger partial charge in [0.25, 0.3) is 0 Å². The summed E-state index contributed by atoms with van der Waals surface area (Å²) in [6, 6.07) is 0. The molecule has 3 rings (SSSR count). The van der Waals surface area contributed by atoms with Gasteiger partial charge in [0.15, 0.2) is 0 Å². The molecule has 0 radical (unpaired) electrons. The Balaban J connectivity index is 1.75. The van der Waals surface area contributed by atoms with Crippen molar-refractivity contribution in [2.45, 2.75) is 71.8 Å². The highest BCUT2D eigenvalue weighted by Gasteiger charge is 2.62. The molecule has 0 aromatic rings. The minimum atomic E-state index is -0.115. The maximum Gasteiger partial charge on any atom is 0.309 e. The molecule has 2 heteroatoms. The Kier molecular flexibility index (Phi) is 3.63. The first-order valence-corrected chi connectivity index (χ1v) is 8.71. The minimum Gasteiger partial charge on any atom is -0.459 e. The van der Waals surface area contributed by atoms with Crippen LogP contribution in [0.25, 0.3) is 0 Å². The largest absolute Gasteiger partial charge is 0.459 e. The van der Waals surface area contributed by atoms with Crippen molar-refractivity contribution in [3.8, 4) is 0 Å². The van der Waals surface area contributed by atoms with Crippen molar-refractivity contribution in [2.24, 2.45) is 35.5 Å². The van der Waals surface area contributed by atoms with E-state index in [9.17, 15) is 4.79 Å². The average molecular weight is 278 g/mol. The molecule has 3 saturated carbocycles. The van der Waals surface area contributed by atoms with Crippen molar-refractivity contribution in [2.75, 3.05) is 0 Å². The number of hydrogen-bond acceptors (Lipinski definition) is 2. The molecule has 2 bridgehead atoms. The molecule has 0 N–H and O–H groups in total. The van der Waals surface area contributed by atoms with E-state index in [1.807, 2.05) is 6.92 Å². The van der Waals surface area contributed by atoms with Crippen LogP contribution in [0.15, 0.2) is 0 Å². The standard InChI is InChI=1S/C18H30O2/c1-5-18(20-17(19)12(4)11(2)3)10-13-9-16(18)15-8-6-7-14(13)15/h11-16H,5-10H2,1-4H3. The molecule has 0 aliphatic heterocycles. The maximum absolute atomic E-state index is 12.5. The molecule has 0 aromatic heterocycles. The number of carbonyl (C=O) groups excluding carboxylic acids is 1. The zero-order valence-corrected chi connectivity index (χ0v) is 13.5. The predicted molar refractivity (Wildman–Crippen MR) is 80.2 cm³/mol. The van der Waals surface area contributed by atoms with Gasteiger partial charge in [0, 0.05) is 5.92 Å². The van der Waals surface area contributed by atoms with E-state index in [4.69, 9.17) is 4.74 Å². The Bertz CT molecular complexity index is 389. The van der Waals surface area contributed by atoms with Gasteiger partial charge in [0.2, 0.25) is 0 Å². The van der Waals surface area contributed by atoms with Crippen LogP contribution in [0.5, 0.6) is 0 Å². The normalized spacial score (nSPS) is 43.9. The van der Waals surface area contributed by atoms with Crippen molar-refractivity contribution < 1.29 is 9.53 Å². The highest BCUT2D eigenvalue weighted by molar-refractivity contribution is 5.73. The highest BCUT2D eigenvalue weighted by atomic mass is 16.6. The van der Waals surface area contributed by atoms with E-state index < -0.39 is 0 Å². The summed E-state index contributed by atoms with van der Waals surface area (Å²) in [6.45, 7) is 8.45. The first-order valence-electron chi connectivity index (χ1n) is 8.71. The van der Waals surface area contributed by atoms with E-state index in [-0.39, 0.29) is 17.5 Å². The van der Waals surface area contributed by atoms with Crippen LogP contribution >= 0.6 is 0 Å². The summed E-state index contributed by atoms with van der Waals surface area (Å²) >= 11 is 0. The van der Waals surface area contributed by atoms with Crippen molar-refractivity contribution in [1.82, 2.24) is 0 Å². The molecule has 114 valence electrons. The Hall–Kier alpha value is -0.530. The third-order valence-electron chi connectivity index (χ3n) is 6.86. The van der Waals surface area contributed by atoms with Gasteiger partial charge in [0.05, 0.1) is 5.92 Å². The summed E-state index contributed by atoms with van der Waals surface area (Å²) in [4.78, 5) is 12.5. The molecule has 0 amide bonds. The molecule has 6 atom stereocenters. The molecule has 2 nitrogen and oxygen atoms in total. The topological polar surface area (TPSA) is 26.3 Å². The molecule has 3 fully saturated rings. The molecule has 0 saturated heterocycles. The highest BCUT2D eigenvalue weighted by Crippen LogP contribution is 2.64. The summed E-state index contributed by atoms with van der Waals surface area (Å²) in [5, 5.41) is 0. The van der Waals surface area contributed by atoms with Gasteiger partial charge >= 0.3 is 5.97 Å². The van der Waals surface area contributed by atoms with Crippen LogP contribution in [0.4, 0.5) is 0 Å². The second-order valence-electron chi connectivity index (χ2n) is 7.94. The first-order chi connectivity index (χ1) is 9.48. The third kappa shape index (κ3) is 2.02. The van der Waals surface area contributed by atoms with E-state index in [0.29, 0.717) is 11.8 Å². The number of esters is 1. The summed E-state index contributed by atoms with van der Waals surface area (Å²) in [5.41, 5.74) is -0.115. The predicted octanol–water partition coefficient (Wildman–Crippen LogP) is 4.43. The minimum absolute atomic E-state index is 0.0249. The monoisotopic (exact) mass is 278 g/mol. The fourth-order valence-corrected chi connectivity index (χ4v) is 5.37. The number of carbonyl (C=O) groups is 1. The molecular formula is C18H30O2. The lowest BCUT2D eigenvalue weighted by Gasteiger charge is -2.42. The molecule has 3 aliphatic carbocycles. The van der Waals surface area contributed by atoms with Gasteiger partial charge in [-0.15, -0.1) is 0 Å². The van der Waals surface area contributed by atoms with Gasteiger partial charge in [-0.05, 0) is 55.8 Å². The second-order valence-corrected chi connectivity index (χ2v) is 7.94. The number of fused-ring (bicyclic) bond motifs is 5. The van der Waals surface area contributed by atoms with Gasteiger partial charge < -0.3 is 4.74 Å². The lowest BCUT2D eigenvalue weighted by Crippen LogP contribution is -2.46. The van der Waals surface area contributed by atoms with Crippen LogP contribution in [0.2, 0.25) is 0 Å². The van der Waals surface area contributed by atoms with Crippen LogP contribution in [-0.2, 0) is 9.53 Å². The van der Waals surface area contributed by atoms with Gasteiger partial charge in [-0.2, -0.15) is 0 Å². The van der Waals surface area contributed by atoms with Crippen molar-refractivity contribution >= 4 is 5.97 Å². The van der Waals surface area contributed by atoms with E-state index in [0.717, 1.165) is 30.6 Å². The zero-order chi connectivity index (χ0) is 14.5. The van der Waals surface area contributed by atoms with Gasteiger partial charge in [-0.25, -0.2) is 0 Å². The summed E-state index contributed by atoms with van der Waals surface area (Å²) in [6.07, 6.45) is 7.69. The van der Waals surface area contributed by atoms with Crippen LogP contribution in [0.3, 0.4) is 0 Å². The first kappa shape index (κ1) is 14.4. The molecule has 20 heavy (non-hydrogen) atoms. The maximum atomic E-state index is 12.5. The molecular weight excluding hydrogens is 248 g/mol. The van der Waals surface area contributed by atoms with E-state index in [2.05, 4.69) is 20.8 Å². The number of rotatable bonds is 4. The fraction of sp³-hybridized carbons (Fsp3) is 0.944. The molecule has 0 aromatic carbocycles. The Labute approximate surface area is 123 Å². The Morgan fingerprint density at radius 3 is 2.60 bits per heavy atom. The molecule has 6 unspecified atom stereocenters. The third-order valence-corrected chi connectivity index (χ3v) is 6.86. The molecule has 0 heterocycles. The van der Waals surface area contributed by atoms with Crippen LogP contribution in [0.1, 0.15) is 66.2 Å². The van der Waals surface area contributed by atoms with E-state index in [1.54, 1.807) is 0 Å². The number of ether oxygens (including phenoxy) is 1. The SMILES string of the molecule is CCC1(OC(=O)C(C)C(C)C)CC2CC1C1CCCC21. The van der Waals surface area contributed by atoms with Crippen molar-refractivity contribution in [3.63, 3.8) is 0 Å². The van der Waals surface area contributed by atoms with Crippen LogP contribution < -0.4 is 0 Å². The fourth-order valence-electron chi connectivity index (χ4n) is 5.37. The Morgan fingerprint density at radius 1 is 1.25 bits per heavy atom. The van der Waals surface area contributed by atoms with Crippen LogP contribution in [0, 0.1) is 35.5 Å². The quantitative estimate of drug-likeness (QED) is 0.711. The van der Waals surface area contributed by atoms with E-state index >= 15 is 0 Å². The summed E-state index contributed by atoms with van der Waals surface area (Å²) in [7, 11) is 0. The lowest BCUT2D eigenvalue weighted by molar-refractivity contribution is -0.176. The van der Waals surface area contributed by atoms with Crippen molar-refractivity contribution in [1.29, 1.82) is 0 Å². The van der Waals surface area contributed by atoms with Crippen LogP contribution in [-0.4, -0.2) is 11.6 Å². The summed E-state index contributed by atoms with van der Waals surface area (Å²) in [5.74, 6) is 3.76. The molecule has 3 aliphatic rings. The van der Waals surface area contributed by atoms with E-state index in [1.165, 1.54) is 25.7 Å². The lowest BCUT2D eigenvalue weighted by atomic mass is 9.71. The average Bonchev–Trinajstić information content (AvgIpc) is 3.08. The van der Waals surface area contributed by atoms with Gasteiger partial charge in [0.1, 0.15) is 5.60 Å².